The van der Waals surface area contributed by atoms with E-state index in [9.17, 15) is 4.39 Å². The molecule has 0 bridgehead atoms. The van der Waals surface area contributed by atoms with Crippen molar-refractivity contribution in [3.8, 4) is 0 Å². The second-order valence-electron chi connectivity index (χ2n) is 5.60. The van der Waals surface area contributed by atoms with Gasteiger partial charge in [-0.05, 0) is 35.2 Å². The maximum absolute atomic E-state index is 12.8. The lowest BCUT2D eigenvalue weighted by molar-refractivity contribution is 0.254. The van der Waals surface area contributed by atoms with E-state index >= 15 is 0 Å². The van der Waals surface area contributed by atoms with Crippen LogP contribution in [-0.4, -0.2) is 24.5 Å². The summed E-state index contributed by atoms with van der Waals surface area (Å²) in [6.07, 6.45) is 1.15. The molecule has 1 aliphatic rings. The van der Waals surface area contributed by atoms with Gasteiger partial charge in [-0.1, -0.05) is 36.4 Å². The average molecular weight is 284 g/mol. The van der Waals surface area contributed by atoms with Gasteiger partial charge in [0, 0.05) is 32.7 Å². The third-order valence-electron chi connectivity index (χ3n) is 4.06. The van der Waals surface area contributed by atoms with Crippen molar-refractivity contribution in [1.82, 2.24) is 10.2 Å². The fraction of sp³-hybridized carbons (Fsp3) is 0.333. The van der Waals surface area contributed by atoms with E-state index in [1.807, 2.05) is 12.1 Å². The highest BCUT2D eigenvalue weighted by Gasteiger charge is 2.14. The van der Waals surface area contributed by atoms with E-state index in [1.54, 1.807) is 0 Å². The van der Waals surface area contributed by atoms with Gasteiger partial charge < -0.3 is 5.32 Å². The van der Waals surface area contributed by atoms with Gasteiger partial charge in [0.1, 0.15) is 5.82 Å². The number of nitrogens with one attached hydrogen (secondary N) is 1. The SMILES string of the molecule is Fc1ccc(CNCCN2CCc3ccccc3C2)cc1. The zero-order chi connectivity index (χ0) is 14.5. The zero-order valence-corrected chi connectivity index (χ0v) is 12.2. The summed E-state index contributed by atoms with van der Waals surface area (Å²) in [7, 11) is 0. The van der Waals surface area contributed by atoms with Gasteiger partial charge in [0.05, 0.1) is 0 Å². The van der Waals surface area contributed by atoms with E-state index < -0.39 is 0 Å². The summed E-state index contributed by atoms with van der Waals surface area (Å²) < 4.78 is 12.8. The first-order valence-electron chi connectivity index (χ1n) is 7.55. The second-order valence-corrected chi connectivity index (χ2v) is 5.60. The molecule has 2 nitrogen and oxygen atoms in total. The Morgan fingerprint density at radius 1 is 1.00 bits per heavy atom. The fourth-order valence-electron chi connectivity index (χ4n) is 2.82. The molecule has 0 aliphatic carbocycles. The van der Waals surface area contributed by atoms with E-state index in [1.165, 1.54) is 23.3 Å². The van der Waals surface area contributed by atoms with Gasteiger partial charge in [-0.25, -0.2) is 4.39 Å². The molecule has 0 aromatic heterocycles. The van der Waals surface area contributed by atoms with Crippen LogP contribution in [0.3, 0.4) is 0 Å². The Morgan fingerprint density at radius 2 is 1.76 bits per heavy atom. The normalized spacial score (nSPS) is 14.9. The Morgan fingerprint density at radius 3 is 2.57 bits per heavy atom. The highest BCUT2D eigenvalue weighted by Crippen LogP contribution is 2.17. The van der Waals surface area contributed by atoms with Crippen molar-refractivity contribution in [2.24, 2.45) is 0 Å². The lowest BCUT2D eigenvalue weighted by Crippen LogP contribution is -2.35. The van der Waals surface area contributed by atoms with Crippen molar-refractivity contribution in [3.05, 3.63) is 71.0 Å². The van der Waals surface area contributed by atoms with Crippen molar-refractivity contribution in [1.29, 1.82) is 0 Å². The number of halogens is 1. The van der Waals surface area contributed by atoms with Gasteiger partial charge in [0.25, 0.3) is 0 Å². The largest absolute Gasteiger partial charge is 0.311 e. The summed E-state index contributed by atoms with van der Waals surface area (Å²) in [5.74, 6) is -0.175. The predicted molar refractivity (Wildman–Crippen MR) is 83.5 cm³/mol. The molecule has 21 heavy (non-hydrogen) atoms. The van der Waals surface area contributed by atoms with Gasteiger partial charge in [0.2, 0.25) is 0 Å². The second kappa shape index (κ2) is 6.83. The molecular weight excluding hydrogens is 263 g/mol. The summed E-state index contributed by atoms with van der Waals surface area (Å²) in [4.78, 5) is 2.49. The summed E-state index contributed by atoms with van der Waals surface area (Å²) >= 11 is 0. The van der Waals surface area contributed by atoms with Crippen LogP contribution in [0.5, 0.6) is 0 Å². The first-order chi connectivity index (χ1) is 10.3. The molecule has 0 fully saturated rings. The maximum Gasteiger partial charge on any atom is 0.123 e. The lowest BCUT2D eigenvalue weighted by Gasteiger charge is -2.28. The molecule has 0 amide bonds. The van der Waals surface area contributed by atoms with Crippen LogP contribution in [0.25, 0.3) is 0 Å². The number of hydrogen-bond donors (Lipinski definition) is 1. The van der Waals surface area contributed by atoms with Crippen molar-refractivity contribution in [2.75, 3.05) is 19.6 Å². The topological polar surface area (TPSA) is 15.3 Å². The summed E-state index contributed by atoms with van der Waals surface area (Å²) in [5, 5.41) is 3.43. The quantitative estimate of drug-likeness (QED) is 0.849. The number of hydrogen-bond acceptors (Lipinski definition) is 2. The Balaban J connectivity index is 1.41. The highest BCUT2D eigenvalue weighted by molar-refractivity contribution is 5.29. The number of benzene rings is 2. The number of rotatable bonds is 5. The van der Waals surface area contributed by atoms with Crippen LogP contribution in [0.15, 0.2) is 48.5 Å². The van der Waals surface area contributed by atoms with Crippen LogP contribution >= 0.6 is 0 Å². The molecule has 2 aromatic rings. The lowest BCUT2D eigenvalue weighted by atomic mass is 10.00. The summed E-state index contributed by atoms with van der Waals surface area (Å²) in [5.41, 5.74) is 4.08. The molecule has 2 aromatic carbocycles. The zero-order valence-electron chi connectivity index (χ0n) is 12.2. The minimum Gasteiger partial charge on any atom is -0.311 e. The van der Waals surface area contributed by atoms with Crippen LogP contribution in [0.1, 0.15) is 16.7 Å². The van der Waals surface area contributed by atoms with Crippen molar-refractivity contribution < 1.29 is 4.39 Å². The van der Waals surface area contributed by atoms with Gasteiger partial charge in [-0.3, -0.25) is 4.90 Å². The third-order valence-corrected chi connectivity index (χ3v) is 4.06. The van der Waals surface area contributed by atoms with Gasteiger partial charge in [0.15, 0.2) is 0 Å². The van der Waals surface area contributed by atoms with Gasteiger partial charge in [-0.15, -0.1) is 0 Å². The number of nitrogens with zero attached hydrogens (tertiary/aromatic N) is 1. The first-order valence-corrected chi connectivity index (χ1v) is 7.55. The van der Waals surface area contributed by atoms with E-state index in [2.05, 4.69) is 34.5 Å². The third kappa shape index (κ3) is 3.90. The Bertz CT molecular complexity index is 580. The Hall–Kier alpha value is -1.71. The molecule has 3 rings (SSSR count). The number of fused-ring (bicyclic) bond motifs is 1. The molecule has 0 spiro atoms. The fourth-order valence-corrected chi connectivity index (χ4v) is 2.82. The average Bonchev–Trinajstić information content (AvgIpc) is 2.53. The summed E-state index contributed by atoms with van der Waals surface area (Å²) in [6, 6.07) is 15.4. The Labute approximate surface area is 125 Å². The van der Waals surface area contributed by atoms with Crippen LogP contribution in [0.2, 0.25) is 0 Å². The molecule has 1 N–H and O–H groups in total. The van der Waals surface area contributed by atoms with E-state index in [4.69, 9.17) is 0 Å². The summed E-state index contributed by atoms with van der Waals surface area (Å²) in [6.45, 7) is 4.99. The highest BCUT2D eigenvalue weighted by atomic mass is 19.1. The van der Waals surface area contributed by atoms with Crippen LogP contribution < -0.4 is 5.32 Å². The van der Waals surface area contributed by atoms with Gasteiger partial charge in [-0.2, -0.15) is 0 Å². The predicted octanol–water partition coefficient (Wildman–Crippen LogP) is 2.97. The molecule has 3 heteroatoms. The molecule has 110 valence electrons. The van der Waals surface area contributed by atoms with E-state index in [0.717, 1.165) is 44.7 Å². The maximum atomic E-state index is 12.8. The van der Waals surface area contributed by atoms with Gasteiger partial charge >= 0.3 is 0 Å². The molecule has 0 atom stereocenters. The molecule has 0 radical (unpaired) electrons. The Kier molecular flexibility index (Phi) is 4.63. The molecular formula is C18H21FN2. The van der Waals surface area contributed by atoms with Crippen molar-refractivity contribution in [3.63, 3.8) is 0 Å². The van der Waals surface area contributed by atoms with Crippen LogP contribution in [0, 0.1) is 5.82 Å². The molecule has 1 heterocycles. The van der Waals surface area contributed by atoms with Crippen molar-refractivity contribution >= 4 is 0 Å². The molecule has 0 saturated heterocycles. The standard InChI is InChI=1S/C18H21FN2/c19-18-7-5-15(6-8-18)13-20-10-12-21-11-9-16-3-1-2-4-17(16)14-21/h1-8,20H,9-14H2. The van der Waals surface area contributed by atoms with E-state index in [0.29, 0.717) is 0 Å². The minimum atomic E-state index is -0.175. The molecule has 0 saturated carbocycles. The van der Waals surface area contributed by atoms with E-state index in [-0.39, 0.29) is 5.82 Å². The van der Waals surface area contributed by atoms with Crippen LogP contribution in [-0.2, 0) is 19.5 Å². The first kappa shape index (κ1) is 14.2. The monoisotopic (exact) mass is 284 g/mol. The molecule has 1 aliphatic heterocycles. The van der Waals surface area contributed by atoms with Crippen molar-refractivity contribution in [2.45, 2.75) is 19.5 Å². The van der Waals surface area contributed by atoms with Crippen LogP contribution in [0.4, 0.5) is 4.39 Å². The smallest absolute Gasteiger partial charge is 0.123 e. The minimum absolute atomic E-state index is 0.175. The molecule has 0 unspecified atom stereocenters.